The van der Waals surface area contributed by atoms with E-state index < -0.39 is 5.91 Å². The van der Waals surface area contributed by atoms with E-state index >= 15 is 0 Å². The SMILES string of the molecule is COc1ccc(O)c(C(=O)Nc2ccnc(Cl)c2)c1. The Morgan fingerprint density at radius 3 is 2.84 bits per heavy atom. The molecule has 1 aromatic heterocycles. The summed E-state index contributed by atoms with van der Waals surface area (Å²) < 4.78 is 5.01. The first-order valence-electron chi connectivity index (χ1n) is 5.40. The van der Waals surface area contributed by atoms with Crippen LogP contribution in [0.4, 0.5) is 5.69 Å². The van der Waals surface area contributed by atoms with Crippen LogP contribution in [-0.2, 0) is 0 Å². The molecule has 19 heavy (non-hydrogen) atoms. The summed E-state index contributed by atoms with van der Waals surface area (Å²) in [5.74, 6) is -0.104. The van der Waals surface area contributed by atoms with Crippen molar-refractivity contribution in [2.75, 3.05) is 12.4 Å². The highest BCUT2D eigenvalue weighted by Gasteiger charge is 2.12. The van der Waals surface area contributed by atoms with Crippen LogP contribution in [0, 0.1) is 0 Å². The Labute approximate surface area is 114 Å². The Bertz CT molecular complexity index is 617. The molecule has 0 saturated heterocycles. The van der Waals surface area contributed by atoms with E-state index in [1.54, 1.807) is 12.1 Å². The van der Waals surface area contributed by atoms with Gasteiger partial charge in [0, 0.05) is 11.9 Å². The third-order valence-corrected chi connectivity index (χ3v) is 2.64. The van der Waals surface area contributed by atoms with Gasteiger partial charge in [0.25, 0.3) is 5.91 Å². The van der Waals surface area contributed by atoms with E-state index in [1.165, 1.54) is 31.5 Å². The number of carbonyl (C=O) groups excluding carboxylic acids is 1. The van der Waals surface area contributed by atoms with Crippen molar-refractivity contribution in [3.8, 4) is 11.5 Å². The summed E-state index contributed by atoms with van der Waals surface area (Å²) in [6, 6.07) is 7.52. The van der Waals surface area contributed by atoms with Crippen molar-refractivity contribution in [3.05, 3.63) is 47.2 Å². The zero-order valence-electron chi connectivity index (χ0n) is 10.1. The lowest BCUT2D eigenvalue weighted by molar-refractivity contribution is 0.102. The molecule has 98 valence electrons. The van der Waals surface area contributed by atoms with E-state index in [9.17, 15) is 9.90 Å². The molecular weight excluding hydrogens is 268 g/mol. The van der Waals surface area contributed by atoms with Gasteiger partial charge < -0.3 is 15.2 Å². The van der Waals surface area contributed by atoms with Crippen molar-refractivity contribution in [2.24, 2.45) is 0 Å². The summed E-state index contributed by atoms with van der Waals surface area (Å²) in [6.45, 7) is 0. The molecule has 1 amide bonds. The van der Waals surface area contributed by atoms with Gasteiger partial charge in [-0.2, -0.15) is 0 Å². The molecule has 0 unspecified atom stereocenters. The first-order valence-corrected chi connectivity index (χ1v) is 5.78. The van der Waals surface area contributed by atoms with Crippen LogP contribution >= 0.6 is 11.6 Å². The van der Waals surface area contributed by atoms with Gasteiger partial charge in [0.05, 0.1) is 12.7 Å². The Morgan fingerprint density at radius 1 is 1.37 bits per heavy atom. The molecule has 0 radical (unpaired) electrons. The standard InChI is InChI=1S/C13H11ClN2O3/c1-19-9-2-3-11(17)10(7-9)13(18)16-8-4-5-15-12(14)6-8/h2-7,17H,1H3,(H,15,16,18). The molecule has 1 aromatic carbocycles. The summed E-state index contributed by atoms with van der Waals surface area (Å²) in [7, 11) is 1.48. The molecule has 1 heterocycles. The van der Waals surface area contributed by atoms with Crippen LogP contribution in [0.25, 0.3) is 0 Å². The second-order valence-corrected chi connectivity index (χ2v) is 4.09. The van der Waals surface area contributed by atoms with Gasteiger partial charge in [-0.1, -0.05) is 11.6 Å². The monoisotopic (exact) mass is 278 g/mol. The molecule has 0 aliphatic rings. The summed E-state index contributed by atoms with van der Waals surface area (Å²) in [6.07, 6.45) is 1.48. The smallest absolute Gasteiger partial charge is 0.259 e. The number of hydrogen-bond donors (Lipinski definition) is 2. The third kappa shape index (κ3) is 3.14. The van der Waals surface area contributed by atoms with Crippen molar-refractivity contribution < 1.29 is 14.6 Å². The number of rotatable bonds is 3. The van der Waals surface area contributed by atoms with Crippen molar-refractivity contribution in [1.82, 2.24) is 4.98 Å². The minimum absolute atomic E-state index is 0.118. The highest BCUT2D eigenvalue weighted by atomic mass is 35.5. The van der Waals surface area contributed by atoms with Crippen molar-refractivity contribution >= 4 is 23.2 Å². The molecule has 2 N–H and O–H groups in total. The lowest BCUT2D eigenvalue weighted by Crippen LogP contribution is -2.12. The van der Waals surface area contributed by atoms with Crippen molar-refractivity contribution in [2.45, 2.75) is 0 Å². The summed E-state index contributed by atoms with van der Waals surface area (Å²) >= 11 is 5.72. The largest absolute Gasteiger partial charge is 0.507 e. The molecule has 0 bridgehead atoms. The van der Waals surface area contributed by atoms with E-state index in [4.69, 9.17) is 16.3 Å². The number of nitrogens with zero attached hydrogens (tertiary/aromatic N) is 1. The van der Waals surface area contributed by atoms with Gasteiger partial charge in [0.15, 0.2) is 0 Å². The number of halogens is 1. The van der Waals surface area contributed by atoms with E-state index in [-0.39, 0.29) is 16.5 Å². The average molecular weight is 279 g/mol. The quantitative estimate of drug-likeness (QED) is 0.847. The minimum atomic E-state index is -0.460. The second-order valence-electron chi connectivity index (χ2n) is 3.70. The van der Waals surface area contributed by atoms with Crippen LogP contribution in [0.2, 0.25) is 5.15 Å². The molecule has 2 rings (SSSR count). The first kappa shape index (κ1) is 13.2. The predicted octanol–water partition coefficient (Wildman–Crippen LogP) is 2.70. The van der Waals surface area contributed by atoms with Gasteiger partial charge in [0.1, 0.15) is 16.7 Å². The highest BCUT2D eigenvalue weighted by Crippen LogP contribution is 2.24. The lowest BCUT2D eigenvalue weighted by Gasteiger charge is -2.08. The van der Waals surface area contributed by atoms with Gasteiger partial charge in [-0.15, -0.1) is 0 Å². The number of carbonyl (C=O) groups is 1. The molecule has 0 aliphatic heterocycles. The van der Waals surface area contributed by atoms with Gasteiger partial charge in [-0.3, -0.25) is 4.79 Å². The number of phenols is 1. The maximum absolute atomic E-state index is 12.0. The molecule has 5 nitrogen and oxygen atoms in total. The van der Waals surface area contributed by atoms with E-state index in [2.05, 4.69) is 10.3 Å². The van der Waals surface area contributed by atoms with E-state index in [0.717, 1.165) is 0 Å². The number of anilines is 1. The second kappa shape index (κ2) is 5.58. The molecule has 0 atom stereocenters. The molecular formula is C13H11ClN2O3. The van der Waals surface area contributed by atoms with E-state index in [1.807, 2.05) is 0 Å². The van der Waals surface area contributed by atoms with Gasteiger partial charge in [0.2, 0.25) is 0 Å². The molecule has 0 fully saturated rings. The fourth-order valence-electron chi connectivity index (χ4n) is 1.50. The third-order valence-electron chi connectivity index (χ3n) is 2.43. The van der Waals surface area contributed by atoms with Gasteiger partial charge in [-0.25, -0.2) is 4.98 Å². The Morgan fingerprint density at radius 2 is 2.16 bits per heavy atom. The molecule has 0 aliphatic carbocycles. The van der Waals surface area contributed by atoms with Crippen LogP contribution in [0.3, 0.4) is 0 Å². The number of hydrogen-bond acceptors (Lipinski definition) is 4. The normalized spacial score (nSPS) is 10.0. The number of ether oxygens (including phenoxy) is 1. The van der Waals surface area contributed by atoms with Gasteiger partial charge >= 0.3 is 0 Å². The number of nitrogens with one attached hydrogen (secondary N) is 1. The number of aromatic hydroxyl groups is 1. The first-order chi connectivity index (χ1) is 9.10. The van der Waals surface area contributed by atoms with Crippen molar-refractivity contribution in [1.29, 1.82) is 0 Å². The van der Waals surface area contributed by atoms with Crippen LogP contribution in [0.15, 0.2) is 36.5 Å². The van der Waals surface area contributed by atoms with Crippen LogP contribution < -0.4 is 10.1 Å². The minimum Gasteiger partial charge on any atom is -0.507 e. The Kier molecular flexibility index (Phi) is 3.87. The highest BCUT2D eigenvalue weighted by molar-refractivity contribution is 6.29. The summed E-state index contributed by atoms with van der Waals surface area (Å²) in [5, 5.41) is 12.6. The number of phenolic OH excluding ortho intramolecular Hbond substituents is 1. The van der Waals surface area contributed by atoms with Crippen LogP contribution in [0.5, 0.6) is 11.5 Å². The number of methoxy groups -OCH3 is 1. The number of pyridine rings is 1. The van der Waals surface area contributed by atoms with Crippen LogP contribution in [-0.4, -0.2) is 23.1 Å². The van der Waals surface area contributed by atoms with E-state index in [0.29, 0.717) is 11.4 Å². The molecule has 2 aromatic rings. The Balaban J connectivity index is 2.25. The van der Waals surface area contributed by atoms with Gasteiger partial charge in [-0.05, 0) is 30.3 Å². The topological polar surface area (TPSA) is 71.5 Å². The Hall–Kier alpha value is -2.27. The maximum atomic E-state index is 12.0. The summed E-state index contributed by atoms with van der Waals surface area (Å²) in [5.41, 5.74) is 0.611. The summed E-state index contributed by atoms with van der Waals surface area (Å²) in [4.78, 5) is 15.8. The van der Waals surface area contributed by atoms with Crippen molar-refractivity contribution in [3.63, 3.8) is 0 Å². The average Bonchev–Trinajstić information content (AvgIpc) is 2.39. The fourth-order valence-corrected chi connectivity index (χ4v) is 1.68. The molecule has 0 spiro atoms. The maximum Gasteiger partial charge on any atom is 0.259 e. The molecule has 6 heteroatoms. The van der Waals surface area contributed by atoms with Crippen LogP contribution in [0.1, 0.15) is 10.4 Å². The predicted molar refractivity (Wildman–Crippen MR) is 71.9 cm³/mol. The number of aromatic nitrogens is 1. The zero-order chi connectivity index (χ0) is 13.8. The molecule has 0 saturated carbocycles. The zero-order valence-corrected chi connectivity index (χ0v) is 10.8. The number of amides is 1. The number of benzene rings is 1. The fraction of sp³-hybridized carbons (Fsp3) is 0.0769. The lowest BCUT2D eigenvalue weighted by atomic mass is 10.1.